The van der Waals surface area contributed by atoms with E-state index >= 15 is 0 Å². The van der Waals surface area contributed by atoms with Crippen molar-refractivity contribution in [1.82, 2.24) is 4.72 Å². The van der Waals surface area contributed by atoms with E-state index in [2.05, 4.69) is 4.72 Å². The highest BCUT2D eigenvalue weighted by molar-refractivity contribution is 7.91. The number of hydrogen-bond donors (Lipinski definition) is 2. The number of carbonyl (C=O) groups is 1. The average molecular weight is 410 g/mol. The molecule has 2 N–H and O–H groups in total. The molecule has 0 bridgehead atoms. The molecule has 1 fully saturated rings. The van der Waals surface area contributed by atoms with Crippen LogP contribution in [0.5, 0.6) is 0 Å². The smallest absolute Gasteiger partial charge is 0.322 e. The van der Waals surface area contributed by atoms with Gasteiger partial charge in [-0.25, -0.2) is 21.6 Å². The lowest BCUT2D eigenvalue weighted by atomic mass is 9.84. The van der Waals surface area contributed by atoms with Gasteiger partial charge in [0.05, 0.1) is 16.6 Å². The Bertz CT molecular complexity index is 737. The number of ether oxygens (including phenoxy) is 1. The van der Waals surface area contributed by atoms with E-state index in [1.807, 2.05) is 0 Å². The summed E-state index contributed by atoms with van der Waals surface area (Å²) >= 11 is 0. The molecule has 0 heterocycles. The van der Waals surface area contributed by atoms with Gasteiger partial charge in [-0.15, -0.1) is 0 Å². The van der Waals surface area contributed by atoms with E-state index in [4.69, 9.17) is 4.74 Å². The fourth-order valence-corrected chi connectivity index (χ4v) is 6.38. The minimum atomic E-state index is -3.84. The average Bonchev–Trinajstić information content (AvgIpc) is 2.59. The number of nitrogens with one attached hydrogen (secondary N) is 1. The van der Waals surface area contributed by atoms with Crippen LogP contribution in [0.2, 0.25) is 0 Å². The molecule has 3 unspecified atom stereocenters. The molecule has 10 heteroatoms. The van der Waals surface area contributed by atoms with Crippen molar-refractivity contribution < 1.29 is 31.5 Å². The normalized spacial score (nSPS) is 31.5. The first-order chi connectivity index (χ1) is 12.0. The van der Waals surface area contributed by atoms with Crippen molar-refractivity contribution in [2.24, 2.45) is 5.92 Å². The third-order valence-corrected chi connectivity index (χ3v) is 8.79. The first-order valence-corrected chi connectivity index (χ1v) is 12.2. The van der Waals surface area contributed by atoms with Crippen molar-refractivity contribution in [3.8, 4) is 0 Å². The minimum Gasteiger partial charge on any atom is -0.480 e. The maximum Gasteiger partial charge on any atom is 0.322 e. The maximum atomic E-state index is 12.6. The van der Waals surface area contributed by atoms with Crippen molar-refractivity contribution >= 4 is 25.8 Å². The van der Waals surface area contributed by atoms with Gasteiger partial charge in [0.25, 0.3) is 0 Å². The summed E-state index contributed by atoms with van der Waals surface area (Å²) < 4.78 is 56.0. The second-order valence-electron chi connectivity index (χ2n) is 7.12. The van der Waals surface area contributed by atoms with Gasteiger partial charge in [0, 0.05) is 13.4 Å². The molecular weight excluding hydrogens is 382 g/mol. The van der Waals surface area contributed by atoms with Crippen LogP contribution >= 0.6 is 0 Å². The molecule has 3 atom stereocenters. The third-order valence-electron chi connectivity index (χ3n) is 5.33. The van der Waals surface area contributed by atoms with Crippen LogP contribution in [-0.2, 0) is 29.4 Å². The van der Waals surface area contributed by atoms with Crippen molar-refractivity contribution in [1.29, 1.82) is 0 Å². The molecule has 0 aromatic rings. The Kier molecular flexibility index (Phi) is 6.86. The van der Waals surface area contributed by atoms with Crippen molar-refractivity contribution in [3.05, 3.63) is 12.2 Å². The summed E-state index contributed by atoms with van der Waals surface area (Å²) in [4.78, 5) is 11.7. The molecule has 8 nitrogen and oxygen atoms in total. The van der Waals surface area contributed by atoms with E-state index in [0.29, 0.717) is 38.5 Å². The summed E-state index contributed by atoms with van der Waals surface area (Å²) in [6, 6.07) is -1.24. The maximum absolute atomic E-state index is 12.6. The molecule has 0 spiro atoms. The van der Waals surface area contributed by atoms with Gasteiger partial charge in [-0.3, -0.25) is 4.79 Å². The third kappa shape index (κ3) is 5.28. The number of methoxy groups -OCH3 is 1. The van der Waals surface area contributed by atoms with Gasteiger partial charge < -0.3 is 9.84 Å². The van der Waals surface area contributed by atoms with Crippen LogP contribution in [0.15, 0.2) is 12.2 Å². The fraction of sp³-hybridized carbons (Fsp3) is 0.812. The highest BCUT2D eigenvalue weighted by Gasteiger charge is 2.39. The van der Waals surface area contributed by atoms with Crippen molar-refractivity contribution in [3.63, 3.8) is 0 Å². The van der Waals surface area contributed by atoms with Crippen LogP contribution in [0.3, 0.4) is 0 Å². The van der Waals surface area contributed by atoms with Gasteiger partial charge in [-0.1, -0.05) is 12.2 Å². The summed E-state index contributed by atoms with van der Waals surface area (Å²) in [7, 11) is -5.45. The second-order valence-corrected chi connectivity index (χ2v) is 11.4. The zero-order chi connectivity index (χ0) is 19.5. The van der Waals surface area contributed by atoms with E-state index in [1.165, 1.54) is 6.26 Å². The Morgan fingerprint density at radius 1 is 1.08 bits per heavy atom. The zero-order valence-electron chi connectivity index (χ0n) is 15.0. The molecule has 0 aromatic heterocycles. The number of rotatable bonds is 7. The number of carboxylic acid groups (broad SMARTS) is 1. The Morgan fingerprint density at radius 3 is 2.12 bits per heavy atom. The van der Waals surface area contributed by atoms with Crippen molar-refractivity contribution in [2.75, 3.05) is 13.4 Å². The molecule has 2 aliphatic rings. The van der Waals surface area contributed by atoms with Gasteiger partial charge in [0.1, 0.15) is 15.9 Å². The van der Waals surface area contributed by atoms with Gasteiger partial charge in [0.15, 0.2) is 0 Å². The zero-order valence-corrected chi connectivity index (χ0v) is 16.6. The van der Waals surface area contributed by atoms with Crippen LogP contribution in [0.25, 0.3) is 0 Å². The first-order valence-electron chi connectivity index (χ1n) is 8.68. The lowest BCUT2D eigenvalue weighted by molar-refractivity contribution is -0.140. The largest absolute Gasteiger partial charge is 0.480 e. The van der Waals surface area contributed by atoms with Crippen molar-refractivity contribution in [2.45, 2.75) is 61.2 Å². The number of sulfonamides is 1. The number of aliphatic carboxylic acids is 1. The molecule has 0 amide bonds. The molecule has 1 saturated carbocycles. The van der Waals surface area contributed by atoms with Crippen LogP contribution in [0, 0.1) is 5.92 Å². The molecule has 150 valence electrons. The predicted molar refractivity (Wildman–Crippen MR) is 97.0 cm³/mol. The highest BCUT2D eigenvalue weighted by Crippen LogP contribution is 2.31. The minimum absolute atomic E-state index is 0.122. The lowest BCUT2D eigenvalue weighted by Crippen LogP contribution is -2.50. The summed E-state index contributed by atoms with van der Waals surface area (Å²) in [6.45, 7) is 0. The molecule has 0 aromatic carbocycles. The van der Waals surface area contributed by atoms with Gasteiger partial charge in [0.2, 0.25) is 10.0 Å². The monoisotopic (exact) mass is 409 g/mol. The summed E-state index contributed by atoms with van der Waals surface area (Å²) in [6.07, 6.45) is 6.63. The summed E-state index contributed by atoms with van der Waals surface area (Å²) in [5.41, 5.74) is 0. The number of carboxylic acids is 1. The SMILES string of the molecule is COC1C=CC(S(=O)(=O)NC(C(=O)O)C2CCC(S(C)(=O)=O)CC2)CC1. The standard InChI is InChI=1S/C16H27NO7S2/c1-24-12-5-9-14(10-6-12)26(22,23)17-15(16(18)19)11-3-7-13(8-4-11)25(2,20)21/h5,9,11-15,17H,3-4,6-8,10H2,1-2H3,(H,18,19). The Balaban J connectivity index is 2.06. The molecule has 0 radical (unpaired) electrons. The molecule has 2 aliphatic carbocycles. The van der Waals surface area contributed by atoms with E-state index in [0.717, 1.165) is 0 Å². The van der Waals surface area contributed by atoms with E-state index in [-0.39, 0.29) is 6.10 Å². The van der Waals surface area contributed by atoms with Crippen LogP contribution < -0.4 is 4.72 Å². The fourth-order valence-electron chi connectivity index (χ4n) is 3.69. The predicted octanol–water partition coefficient (Wildman–Crippen LogP) is 0.696. The highest BCUT2D eigenvalue weighted by atomic mass is 32.2. The second kappa shape index (κ2) is 8.37. The van der Waals surface area contributed by atoms with Gasteiger partial charge >= 0.3 is 5.97 Å². The van der Waals surface area contributed by atoms with E-state index in [9.17, 15) is 26.7 Å². The van der Waals surface area contributed by atoms with Gasteiger partial charge in [-0.2, -0.15) is 0 Å². The number of hydrogen-bond acceptors (Lipinski definition) is 6. The molecule has 2 rings (SSSR count). The Morgan fingerprint density at radius 2 is 1.69 bits per heavy atom. The van der Waals surface area contributed by atoms with E-state index in [1.54, 1.807) is 19.3 Å². The topological polar surface area (TPSA) is 127 Å². The summed E-state index contributed by atoms with van der Waals surface area (Å²) in [5.74, 6) is -1.65. The van der Waals surface area contributed by atoms with Crippen LogP contribution in [0.4, 0.5) is 0 Å². The quantitative estimate of drug-likeness (QED) is 0.592. The Labute approximate surface area is 155 Å². The molecule has 0 saturated heterocycles. The summed E-state index contributed by atoms with van der Waals surface area (Å²) in [5, 5.41) is 8.25. The number of sulfone groups is 1. The first kappa shape index (κ1) is 21.3. The van der Waals surface area contributed by atoms with Crippen LogP contribution in [-0.4, -0.2) is 63.9 Å². The lowest BCUT2D eigenvalue weighted by Gasteiger charge is -2.32. The Hall–Kier alpha value is -0.970. The molecular formula is C16H27NO7S2. The molecule has 0 aliphatic heterocycles. The molecule has 26 heavy (non-hydrogen) atoms. The van der Waals surface area contributed by atoms with Crippen LogP contribution in [0.1, 0.15) is 38.5 Å². The van der Waals surface area contributed by atoms with E-state index < -0.39 is 48.3 Å². The van der Waals surface area contributed by atoms with Gasteiger partial charge in [-0.05, 0) is 44.4 Å².